The van der Waals surface area contributed by atoms with Crippen molar-refractivity contribution in [2.24, 2.45) is 0 Å². The Morgan fingerprint density at radius 3 is 1.11 bits per heavy atom. The van der Waals surface area contributed by atoms with Crippen molar-refractivity contribution in [3.05, 3.63) is 82.2 Å². The van der Waals surface area contributed by atoms with Crippen LogP contribution in [-0.4, -0.2) is 8.07 Å². The van der Waals surface area contributed by atoms with Gasteiger partial charge in [-0.2, -0.15) is 26.3 Å². The summed E-state index contributed by atoms with van der Waals surface area (Å²) in [6, 6.07) is 9.71. The molecular formula is C20H16F6Si. The Morgan fingerprint density at radius 1 is 0.556 bits per heavy atom. The van der Waals surface area contributed by atoms with Gasteiger partial charge in [0.25, 0.3) is 0 Å². The molecule has 2 aromatic rings. The van der Waals surface area contributed by atoms with Gasteiger partial charge in [-0.25, -0.2) is 0 Å². The normalized spacial score (nSPS) is 16.9. The molecule has 0 saturated carbocycles. The minimum absolute atomic E-state index is 0.618. The van der Waals surface area contributed by atoms with E-state index in [2.05, 4.69) is 13.1 Å². The van der Waals surface area contributed by atoms with Crippen LogP contribution >= 0.6 is 0 Å². The second-order valence-electron chi connectivity index (χ2n) is 7.09. The molecule has 1 aliphatic rings. The topological polar surface area (TPSA) is 0 Å². The van der Waals surface area contributed by atoms with Crippen LogP contribution in [-0.2, 0) is 12.4 Å². The fraction of sp³-hybridized carbons (Fsp3) is 0.200. The molecule has 0 spiro atoms. The van der Waals surface area contributed by atoms with Crippen LogP contribution in [0.3, 0.4) is 0 Å². The van der Waals surface area contributed by atoms with Crippen LogP contribution < -0.4 is 0 Å². The summed E-state index contributed by atoms with van der Waals surface area (Å²) in [6.07, 6.45) is -8.83. The first-order valence-electron chi connectivity index (χ1n) is 8.18. The van der Waals surface area contributed by atoms with E-state index in [0.717, 1.165) is 35.4 Å². The molecule has 0 N–H and O–H groups in total. The van der Waals surface area contributed by atoms with Crippen LogP contribution in [0.5, 0.6) is 0 Å². The first-order chi connectivity index (χ1) is 12.4. The first kappa shape index (κ1) is 19.5. The highest BCUT2D eigenvalue weighted by Gasteiger charge is 2.32. The van der Waals surface area contributed by atoms with Crippen molar-refractivity contribution < 1.29 is 26.3 Å². The van der Waals surface area contributed by atoms with Gasteiger partial charge in [0.15, 0.2) is 0 Å². The second kappa shape index (κ2) is 6.40. The lowest BCUT2D eigenvalue weighted by atomic mass is 9.94. The molecule has 0 unspecified atom stereocenters. The molecule has 0 radical (unpaired) electrons. The van der Waals surface area contributed by atoms with Crippen LogP contribution in [0.1, 0.15) is 22.3 Å². The molecule has 1 heterocycles. The number of benzene rings is 2. The van der Waals surface area contributed by atoms with Crippen molar-refractivity contribution >= 4 is 19.2 Å². The average molecular weight is 398 g/mol. The zero-order valence-corrected chi connectivity index (χ0v) is 15.5. The Kier molecular flexibility index (Phi) is 4.62. The van der Waals surface area contributed by atoms with E-state index in [-0.39, 0.29) is 0 Å². The fourth-order valence-electron chi connectivity index (χ4n) is 3.10. The molecule has 1 aliphatic heterocycles. The molecular weight excluding hydrogens is 382 g/mol. The number of hydrogen-bond donors (Lipinski definition) is 0. The highest BCUT2D eigenvalue weighted by atomic mass is 28.3. The van der Waals surface area contributed by atoms with Gasteiger partial charge in [-0.15, -0.1) is 0 Å². The predicted octanol–water partition coefficient (Wildman–Crippen LogP) is 6.99. The van der Waals surface area contributed by atoms with Gasteiger partial charge in [0, 0.05) is 0 Å². The van der Waals surface area contributed by atoms with E-state index in [1.165, 1.54) is 24.3 Å². The monoisotopic (exact) mass is 398 g/mol. The third-order valence-electron chi connectivity index (χ3n) is 4.37. The molecule has 0 atom stereocenters. The van der Waals surface area contributed by atoms with Crippen LogP contribution in [0.4, 0.5) is 26.3 Å². The average Bonchev–Trinajstić information content (AvgIpc) is 2.89. The molecule has 0 saturated heterocycles. The highest BCUT2D eigenvalue weighted by Crippen LogP contribution is 2.41. The molecule has 0 aliphatic carbocycles. The first-order valence-corrected chi connectivity index (χ1v) is 11.3. The summed E-state index contributed by atoms with van der Waals surface area (Å²) >= 11 is 0. The van der Waals surface area contributed by atoms with Crippen molar-refractivity contribution in [1.29, 1.82) is 0 Å². The van der Waals surface area contributed by atoms with Gasteiger partial charge in [-0.3, -0.25) is 0 Å². The van der Waals surface area contributed by atoms with E-state index >= 15 is 0 Å². The lowest BCUT2D eigenvalue weighted by molar-refractivity contribution is -0.138. The molecule has 0 nitrogen and oxygen atoms in total. The third-order valence-corrected chi connectivity index (χ3v) is 6.43. The zero-order valence-electron chi connectivity index (χ0n) is 14.5. The van der Waals surface area contributed by atoms with Crippen LogP contribution in [0.25, 0.3) is 11.1 Å². The SMILES string of the molecule is C[Si]1(C)C=C(c2ccc(C(F)(F)F)cc2)C(c2ccc(C(F)(F)F)cc2)=C1. The third kappa shape index (κ3) is 4.18. The van der Waals surface area contributed by atoms with Gasteiger partial charge in [0.2, 0.25) is 0 Å². The van der Waals surface area contributed by atoms with Gasteiger partial charge in [-0.05, 0) is 46.5 Å². The van der Waals surface area contributed by atoms with Crippen molar-refractivity contribution in [2.45, 2.75) is 25.4 Å². The second-order valence-corrected chi connectivity index (χ2v) is 11.3. The molecule has 0 aromatic heterocycles. The van der Waals surface area contributed by atoms with Gasteiger partial charge in [-0.1, -0.05) is 48.8 Å². The molecule has 0 amide bonds. The van der Waals surface area contributed by atoms with E-state index in [0.29, 0.717) is 11.1 Å². The quantitative estimate of drug-likeness (QED) is 0.378. The summed E-state index contributed by atoms with van der Waals surface area (Å²) < 4.78 is 76.7. The Labute approximate surface area is 153 Å². The minimum atomic E-state index is -4.41. The molecule has 2 aromatic carbocycles. The number of rotatable bonds is 2. The van der Waals surface area contributed by atoms with Crippen LogP contribution in [0, 0.1) is 0 Å². The summed E-state index contributed by atoms with van der Waals surface area (Å²) in [5, 5.41) is 0. The maximum absolute atomic E-state index is 12.8. The lowest BCUT2D eigenvalue weighted by Crippen LogP contribution is -2.16. The lowest BCUT2D eigenvalue weighted by Gasteiger charge is -2.13. The van der Waals surface area contributed by atoms with E-state index in [1.54, 1.807) is 0 Å². The van der Waals surface area contributed by atoms with Gasteiger partial charge >= 0.3 is 12.4 Å². The number of alkyl halides is 6. The van der Waals surface area contributed by atoms with E-state index in [4.69, 9.17) is 0 Å². The Morgan fingerprint density at radius 2 is 0.852 bits per heavy atom. The number of halogens is 6. The molecule has 27 heavy (non-hydrogen) atoms. The smallest absolute Gasteiger partial charge is 0.166 e. The minimum Gasteiger partial charge on any atom is -0.166 e. The molecule has 142 valence electrons. The fourth-order valence-corrected chi connectivity index (χ4v) is 5.31. The summed E-state index contributed by atoms with van der Waals surface area (Å²) in [6.45, 7) is 4.13. The molecule has 3 rings (SSSR count). The molecule has 0 fully saturated rings. The van der Waals surface area contributed by atoms with Gasteiger partial charge < -0.3 is 0 Å². The van der Waals surface area contributed by atoms with Crippen molar-refractivity contribution in [2.75, 3.05) is 0 Å². The Bertz CT molecular complexity index is 822. The predicted molar refractivity (Wildman–Crippen MR) is 96.3 cm³/mol. The number of allylic oxidation sites excluding steroid dienone is 2. The van der Waals surface area contributed by atoms with Crippen molar-refractivity contribution in [1.82, 2.24) is 0 Å². The standard InChI is InChI=1S/C20H16F6Si/c1-27(2)11-17(13-3-7-15(8-4-13)19(21,22)23)18(12-27)14-5-9-16(10-6-14)20(24,25)26/h3-12H,1-2H3. The Balaban J connectivity index is 1.99. The summed E-state index contributed by atoms with van der Waals surface area (Å²) in [5.41, 5.74) is 5.38. The van der Waals surface area contributed by atoms with E-state index in [1.807, 2.05) is 11.4 Å². The molecule has 0 bridgehead atoms. The molecule has 7 heteroatoms. The van der Waals surface area contributed by atoms with Crippen LogP contribution in [0.2, 0.25) is 13.1 Å². The van der Waals surface area contributed by atoms with Gasteiger partial charge in [0.05, 0.1) is 19.2 Å². The maximum atomic E-state index is 12.8. The van der Waals surface area contributed by atoms with Gasteiger partial charge in [0.1, 0.15) is 0 Å². The maximum Gasteiger partial charge on any atom is 0.416 e. The Hall–Kier alpha value is -2.28. The summed E-state index contributed by atoms with van der Waals surface area (Å²) in [5.74, 6) is 0. The zero-order chi connectivity index (χ0) is 20.0. The number of hydrogen-bond acceptors (Lipinski definition) is 0. The van der Waals surface area contributed by atoms with E-state index < -0.39 is 31.6 Å². The van der Waals surface area contributed by atoms with Crippen molar-refractivity contribution in [3.63, 3.8) is 0 Å². The summed E-state index contributed by atoms with van der Waals surface area (Å²) in [4.78, 5) is 0. The van der Waals surface area contributed by atoms with Crippen LogP contribution in [0.15, 0.2) is 59.9 Å². The summed E-state index contributed by atoms with van der Waals surface area (Å²) in [7, 11) is -1.90. The largest absolute Gasteiger partial charge is 0.416 e. The highest BCUT2D eigenvalue weighted by molar-refractivity contribution is 6.90. The van der Waals surface area contributed by atoms with Crippen molar-refractivity contribution in [3.8, 4) is 0 Å². The van der Waals surface area contributed by atoms with E-state index in [9.17, 15) is 26.3 Å².